The van der Waals surface area contributed by atoms with Gasteiger partial charge in [0.15, 0.2) is 0 Å². The van der Waals surface area contributed by atoms with Crippen LogP contribution in [0.15, 0.2) is 30.3 Å². The van der Waals surface area contributed by atoms with Crippen LogP contribution in [0, 0.1) is 5.92 Å². The van der Waals surface area contributed by atoms with Crippen molar-refractivity contribution in [1.82, 2.24) is 0 Å². The summed E-state index contributed by atoms with van der Waals surface area (Å²) in [4.78, 5) is 10.8. The van der Waals surface area contributed by atoms with Crippen molar-refractivity contribution < 1.29 is 9.53 Å². The third-order valence-electron chi connectivity index (χ3n) is 2.76. The van der Waals surface area contributed by atoms with E-state index in [1.807, 2.05) is 25.1 Å². The number of hydrogen-bond donors (Lipinski definition) is 0. The Morgan fingerprint density at radius 2 is 2.00 bits per heavy atom. The first-order valence-electron chi connectivity index (χ1n) is 5.02. The second-order valence-corrected chi connectivity index (χ2v) is 3.79. The second kappa shape index (κ2) is 3.82. The van der Waals surface area contributed by atoms with Crippen LogP contribution in [-0.2, 0) is 16.0 Å². The van der Waals surface area contributed by atoms with Crippen LogP contribution in [-0.4, -0.2) is 12.1 Å². The SMILES string of the molecule is C[C@H]1C(=O)O[C@@H]1CCc1ccccc1. The van der Waals surface area contributed by atoms with Crippen molar-refractivity contribution in [2.75, 3.05) is 0 Å². The van der Waals surface area contributed by atoms with Crippen LogP contribution < -0.4 is 0 Å². The molecule has 2 rings (SSSR count). The summed E-state index contributed by atoms with van der Waals surface area (Å²) < 4.78 is 5.03. The highest BCUT2D eigenvalue weighted by Gasteiger charge is 2.37. The fraction of sp³-hybridized carbons (Fsp3) is 0.417. The molecular weight excluding hydrogens is 176 g/mol. The average molecular weight is 190 g/mol. The van der Waals surface area contributed by atoms with Gasteiger partial charge in [-0.1, -0.05) is 30.3 Å². The van der Waals surface area contributed by atoms with E-state index in [9.17, 15) is 4.79 Å². The van der Waals surface area contributed by atoms with Gasteiger partial charge in [0.25, 0.3) is 0 Å². The van der Waals surface area contributed by atoms with Crippen LogP contribution in [0.4, 0.5) is 0 Å². The lowest BCUT2D eigenvalue weighted by Gasteiger charge is -2.32. The minimum atomic E-state index is -0.0527. The van der Waals surface area contributed by atoms with Crippen molar-refractivity contribution in [2.24, 2.45) is 5.92 Å². The van der Waals surface area contributed by atoms with Gasteiger partial charge >= 0.3 is 5.97 Å². The Kier molecular flexibility index (Phi) is 2.53. The first-order valence-corrected chi connectivity index (χ1v) is 5.02. The van der Waals surface area contributed by atoms with Gasteiger partial charge in [0.1, 0.15) is 6.10 Å². The van der Waals surface area contributed by atoms with Gasteiger partial charge in [-0.3, -0.25) is 4.79 Å². The summed E-state index contributed by atoms with van der Waals surface area (Å²) in [5.41, 5.74) is 1.31. The van der Waals surface area contributed by atoms with E-state index in [2.05, 4.69) is 12.1 Å². The van der Waals surface area contributed by atoms with Crippen molar-refractivity contribution in [2.45, 2.75) is 25.9 Å². The summed E-state index contributed by atoms with van der Waals surface area (Å²) in [6, 6.07) is 10.3. The number of carbonyl (C=O) groups is 1. The number of aryl methyl sites for hydroxylation is 1. The molecule has 14 heavy (non-hydrogen) atoms. The zero-order chi connectivity index (χ0) is 9.97. The van der Waals surface area contributed by atoms with Crippen LogP contribution in [0.1, 0.15) is 18.9 Å². The number of ether oxygens (including phenoxy) is 1. The molecule has 0 aromatic heterocycles. The number of cyclic esters (lactones) is 1. The lowest BCUT2D eigenvalue weighted by molar-refractivity contribution is -0.183. The van der Waals surface area contributed by atoms with E-state index in [4.69, 9.17) is 4.74 Å². The van der Waals surface area contributed by atoms with Crippen LogP contribution in [0.25, 0.3) is 0 Å². The molecule has 0 radical (unpaired) electrons. The Morgan fingerprint density at radius 3 is 2.57 bits per heavy atom. The summed E-state index contributed by atoms with van der Waals surface area (Å²) in [5, 5.41) is 0. The van der Waals surface area contributed by atoms with Crippen LogP contribution in [0.5, 0.6) is 0 Å². The lowest BCUT2D eigenvalue weighted by atomic mass is 9.93. The van der Waals surface area contributed by atoms with Crippen molar-refractivity contribution in [3.63, 3.8) is 0 Å². The molecule has 0 aliphatic carbocycles. The standard InChI is InChI=1S/C12H14O2/c1-9-11(14-12(9)13)8-7-10-5-3-2-4-6-10/h2-6,9,11H,7-8H2,1H3/t9-,11-/m1/s1. The fourth-order valence-corrected chi connectivity index (χ4v) is 1.70. The molecule has 0 N–H and O–H groups in total. The van der Waals surface area contributed by atoms with E-state index in [1.54, 1.807) is 0 Å². The molecule has 74 valence electrons. The topological polar surface area (TPSA) is 26.3 Å². The normalized spacial score (nSPS) is 25.4. The first kappa shape index (κ1) is 9.25. The summed E-state index contributed by atoms with van der Waals surface area (Å²) in [6.07, 6.45) is 2.07. The number of esters is 1. The minimum Gasteiger partial charge on any atom is -0.461 e. The van der Waals surface area contributed by atoms with Gasteiger partial charge in [-0.25, -0.2) is 0 Å². The Balaban J connectivity index is 1.81. The number of hydrogen-bond acceptors (Lipinski definition) is 2. The zero-order valence-corrected chi connectivity index (χ0v) is 8.27. The van der Waals surface area contributed by atoms with Crippen LogP contribution in [0.2, 0.25) is 0 Å². The Morgan fingerprint density at radius 1 is 1.29 bits per heavy atom. The van der Waals surface area contributed by atoms with E-state index in [-0.39, 0.29) is 18.0 Å². The molecule has 0 saturated carbocycles. The van der Waals surface area contributed by atoms with Gasteiger partial charge in [-0.2, -0.15) is 0 Å². The molecular formula is C12H14O2. The van der Waals surface area contributed by atoms with E-state index in [0.717, 1.165) is 12.8 Å². The molecule has 1 fully saturated rings. The smallest absolute Gasteiger partial charge is 0.312 e. The van der Waals surface area contributed by atoms with Crippen molar-refractivity contribution >= 4 is 5.97 Å². The zero-order valence-electron chi connectivity index (χ0n) is 8.27. The monoisotopic (exact) mass is 190 g/mol. The molecule has 0 unspecified atom stereocenters. The predicted octanol–water partition coefficient (Wildman–Crippen LogP) is 2.18. The molecule has 1 heterocycles. The largest absolute Gasteiger partial charge is 0.461 e. The molecule has 2 heteroatoms. The summed E-state index contributed by atoms with van der Waals surface area (Å²) >= 11 is 0. The molecule has 1 aliphatic rings. The minimum absolute atomic E-state index is 0.0527. The van der Waals surface area contributed by atoms with Gasteiger partial charge in [0, 0.05) is 0 Å². The summed E-state index contributed by atoms with van der Waals surface area (Å²) in [6.45, 7) is 1.93. The highest BCUT2D eigenvalue weighted by Crippen LogP contribution is 2.25. The highest BCUT2D eigenvalue weighted by atomic mass is 16.6. The lowest BCUT2D eigenvalue weighted by Crippen LogP contribution is -2.43. The summed E-state index contributed by atoms with van der Waals surface area (Å²) in [7, 11) is 0. The van der Waals surface area contributed by atoms with Crippen molar-refractivity contribution in [3.05, 3.63) is 35.9 Å². The molecule has 2 nitrogen and oxygen atoms in total. The second-order valence-electron chi connectivity index (χ2n) is 3.79. The van der Waals surface area contributed by atoms with Gasteiger partial charge in [0.05, 0.1) is 5.92 Å². The quantitative estimate of drug-likeness (QED) is 0.683. The Bertz CT molecular complexity index is 318. The van der Waals surface area contributed by atoms with Gasteiger partial charge < -0.3 is 4.74 Å². The van der Waals surface area contributed by atoms with E-state index < -0.39 is 0 Å². The molecule has 1 aliphatic heterocycles. The maximum absolute atomic E-state index is 10.8. The molecule has 0 spiro atoms. The number of benzene rings is 1. The number of carbonyl (C=O) groups excluding carboxylic acids is 1. The maximum Gasteiger partial charge on any atom is 0.312 e. The molecule has 1 aromatic carbocycles. The van der Waals surface area contributed by atoms with Crippen LogP contribution in [0.3, 0.4) is 0 Å². The third kappa shape index (κ3) is 1.79. The highest BCUT2D eigenvalue weighted by molar-refractivity contribution is 5.77. The molecule has 0 bridgehead atoms. The number of rotatable bonds is 3. The van der Waals surface area contributed by atoms with E-state index in [0.29, 0.717) is 0 Å². The van der Waals surface area contributed by atoms with Gasteiger partial charge in [0.2, 0.25) is 0 Å². The van der Waals surface area contributed by atoms with Gasteiger partial charge in [-0.15, -0.1) is 0 Å². The average Bonchev–Trinajstić information content (AvgIpc) is 2.25. The maximum atomic E-state index is 10.8. The third-order valence-corrected chi connectivity index (χ3v) is 2.76. The Labute approximate surface area is 83.9 Å². The molecule has 1 saturated heterocycles. The van der Waals surface area contributed by atoms with E-state index in [1.165, 1.54) is 5.56 Å². The van der Waals surface area contributed by atoms with Crippen molar-refractivity contribution in [3.8, 4) is 0 Å². The molecule has 2 atom stereocenters. The molecule has 1 aromatic rings. The molecule has 0 amide bonds. The Hall–Kier alpha value is -1.31. The van der Waals surface area contributed by atoms with Crippen LogP contribution >= 0.6 is 0 Å². The van der Waals surface area contributed by atoms with Crippen molar-refractivity contribution in [1.29, 1.82) is 0 Å². The van der Waals surface area contributed by atoms with Gasteiger partial charge in [-0.05, 0) is 25.3 Å². The van der Waals surface area contributed by atoms with E-state index >= 15 is 0 Å². The summed E-state index contributed by atoms with van der Waals surface area (Å²) in [5.74, 6) is 0.0433. The fourth-order valence-electron chi connectivity index (χ4n) is 1.70. The first-order chi connectivity index (χ1) is 6.77. The predicted molar refractivity (Wildman–Crippen MR) is 53.8 cm³/mol.